The van der Waals surface area contributed by atoms with Crippen LogP contribution in [-0.4, -0.2) is 30.1 Å². The summed E-state index contributed by atoms with van der Waals surface area (Å²) in [4.78, 5) is 20.1. The van der Waals surface area contributed by atoms with E-state index in [4.69, 9.17) is 9.47 Å². The molecule has 2 aromatic carbocycles. The average molecular weight is 311 g/mol. The largest absolute Gasteiger partial charge is 0.497 e. The van der Waals surface area contributed by atoms with Crippen LogP contribution < -0.4 is 14.8 Å². The molecular formula is C17H17N3O3. The van der Waals surface area contributed by atoms with Gasteiger partial charge in [0.25, 0.3) is 5.91 Å². The molecule has 0 saturated heterocycles. The van der Waals surface area contributed by atoms with Gasteiger partial charge in [-0.15, -0.1) is 0 Å². The smallest absolute Gasteiger partial charge is 0.258 e. The molecule has 118 valence electrons. The Morgan fingerprint density at radius 2 is 2.00 bits per heavy atom. The first-order valence-corrected chi connectivity index (χ1v) is 7.11. The second-order valence-corrected chi connectivity index (χ2v) is 5.04. The minimum Gasteiger partial charge on any atom is -0.497 e. The topological polar surface area (TPSA) is 76.2 Å². The fourth-order valence-electron chi connectivity index (χ4n) is 2.43. The summed E-state index contributed by atoms with van der Waals surface area (Å²) in [6.45, 7) is 1.86. The summed E-state index contributed by atoms with van der Waals surface area (Å²) in [6.07, 6.45) is 0. The summed E-state index contributed by atoms with van der Waals surface area (Å²) in [7, 11) is 3.12. The lowest BCUT2D eigenvalue weighted by Gasteiger charge is -2.11. The first-order valence-electron chi connectivity index (χ1n) is 7.11. The van der Waals surface area contributed by atoms with E-state index in [9.17, 15) is 4.79 Å². The van der Waals surface area contributed by atoms with Crippen molar-refractivity contribution in [2.45, 2.75) is 6.92 Å². The van der Waals surface area contributed by atoms with E-state index < -0.39 is 0 Å². The van der Waals surface area contributed by atoms with Gasteiger partial charge in [-0.05, 0) is 31.2 Å². The predicted octanol–water partition coefficient (Wildman–Crippen LogP) is 3.14. The molecule has 6 nitrogen and oxygen atoms in total. The maximum atomic E-state index is 12.6. The van der Waals surface area contributed by atoms with Crippen LogP contribution in [0.1, 0.15) is 16.2 Å². The Kier molecular flexibility index (Phi) is 3.89. The number of fused-ring (bicyclic) bond motifs is 1. The highest BCUT2D eigenvalue weighted by atomic mass is 16.5. The average Bonchev–Trinajstić information content (AvgIpc) is 2.95. The molecule has 0 radical (unpaired) electrons. The van der Waals surface area contributed by atoms with Gasteiger partial charge in [0.15, 0.2) is 0 Å². The molecule has 0 unspecified atom stereocenters. The standard InChI is InChI=1S/C17H17N3O3/c1-10-18-14-6-4-5-12(16(14)19-10)17(21)20-13-8-7-11(22-2)9-15(13)23-3/h4-9H,1-3H3,(H,18,19)(H,20,21). The fourth-order valence-corrected chi connectivity index (χ4v) is 2.43. The quantitative estimate of drug-likeness (QED) is 0.776. The summed E-state index contributed by atoms with van der Waals surface area (Å²) < 4.78 is 10.5. The summed E-state index contributed by atoms with van der Waals surface area (Å²) in [5.41, 5.74) is 2.55. The second kappa shape index (κ2) is 6.00. The molecule has 1 aromatic heterocycles. The van der Waals surface area contributed by atoms with E-state index in [0.29, 0.717) is 28.3 Å². The normalized spacial score (nSPS) is 10.6. The zero-order valence-corrected chi connectivity index (χ0v) is 13.1. The van der Waals surface area contributed by atoms with E-state index in [-0.39, 0.29) is 5.91 Å². The van der Waals surface area contributed by atoms with Crippen LogP contribution in [0.25, 0.3) is 11.0 Å². The Labute approximate surface area is 133 Å². The van der Waals surface area contributed by atoms with Crippen molar-refractivity contribution in [3.63, 3.8) is 0 Å². The van der Waals surface area contributed by atoms with Gasteiger partial charge in [0.1, 0.15) is 22.8 Å². The lowest BCUT2D eigenvalue weighted by atomic mass is 10.1. The van der Waals surface area contributed by atoms with Crippen LogP contribution in [-0.2, 0) is 0 Å². The monoisotopic (exact) mass is 311 g/mol. The Morgan fingerprint density at radius 3 is 2.74 bits per heavy atom. The Hall–Kier alpha value is -3.02. The van der Waals surface area contributed by atoms with E-state index in [1.807, 2.05) is 19.1 Å². The molecule has 6 heteroatoms. The number of methoxy groups -OCH3 is 2. The number of nitrogens with one attached hydrogen (secondary N) is 2. The van der Waals surface area contributed by atoms with Crippen molar-refractivity contribution < 1.29 is 14.3 Å². The van der Waals surface area contributed by atoms with Gasteiger partial charge in [-0.3, -0.25) is 4.79 Å². The highest BCUT2D eigenvalue weighted by Crippen LogP contribution is 2.29. The number of amides is 1. The number of imidazole rings is 1. The number of aromatic amines is 1. The third-order valence-corrected chi connectivity index (χ3v) is 3.53. The Balaban J connectivity index is 1.95. The van der Waals surface area contributed by atoms with Gasteiger partial charge < -0.3 is 19.8 Å². The maximum Gasteiger partial charge on any atom is 0.258 e. The molecular weight excluding hydrogens is 294 g/mol. The molecule has 1 amide bonds. The van der Waals surface area contributed by atoms with Gasteiger partial charge in [0, 0.05) is 6.07 Å². The number of aryl methyl sites for hydroxylation is 1. The van der Waals surface area contributed by atoms with E-state index in [1.54, 1.807) is 38.5 Å². The van der Waals surface area contributed by atoms with Crippen LogP contribution in [0.2, 0.25) is 0 Å². The molecule has 2 N–H and O–H groups in total. The number of hydrogen-bond donors (Lipinski definition) is 2. The third kappa shape index (κ3) is 2.83. The van der Waals surface area contributed by atoms with Crippen LogP contribution >= 0.6 is 0 Å². The molecule has 0 aliphatic heterocycles. The van der Waals surface area contributed by atoms with Gasteiger partial charge in [0.2, 0.25) is 0 Å². The van der Waals surface area contributed by atoms with Crippen molar-refractivity contribution in [2.24, 2.45) is 0 Å². The van der Waals surface area contributed by atoms with Crippen molar-refractivity contribution in [1.82, 2.24) is 9.97 Å². The molecule has 3 aromatic rings. The predicted molar refractivity (Wildman–Crippen MR) is 88.3 cm³/mol. The first kappa shape index (κ1) is 14.9. The van der Waals surface area contributed by atoms with Crippen molar-refractivity contribution in [3.05, 3.63) is 47.8 Å². The number of rotatable bonds is 4. The van der Waals surface area contributed by atoms with Gasteiger partial charge in [-0.2, -0.15) is 0 Å². The lowest BCUT2D eigenvalue weighted by Crippen LogP contribution is -2.13. The molecule has 23 heavy (non-hydrogen) atoms. The van der Waals surface area contributed by atoms with E-state index in [1.165, 1.54) is 0 Å². The molecule has 0 bridgehead atoms. The van der Waals surface area contributed by atoms with Crippen LogP contribution in [0.15, 0.2) is 36.4 Å². The molecule has 3 rings (SSSR count). The number of benzene rings is 2. The maximum absolute atomic E-state index is 12.6. The number of para-hydroxylation sites is 1. The minimum absolute atomic E-state index is 0.245. The third-order valence-electron chi connectivity index (χ3n) is 3.53. The van der Waals surface area contributed by atoms with E-state index >= 15 is 0 Å². The summed E-state index contributed by atoms with van der Waals surface area (Å²) in [5, 5.41) is 2.86. The second-order valence-electron chi connectivity index (χ2n) is 5.04. The van der Waals surface area contributed by atoms with Gasteiger partial charge in [-0.1, -0.05) is 6.07 Å². The zero-order chi connectivity index (χ0) is 16.4. The molecule has 1 heterocycles. The van der Waals surface area contributed by atoms with Crippen LogP contribution in [0, 0.1) is 6.92 Å². The number of carbonyl (C=O) groups is 1. The number of anilines is 1. The number of ether oxygens (including phenoxy) is 2. The van der Waals surface area contributed by atoms with Crippen molar-refractivity contribution in [3.8, 4) is 11.5 Å². The van der Waals surface area contributed by atoms with E-state index in [2.05, 4.69) is 15.3 Å². The minimum atomic E-state index is -0.245. The van der Waals surface area contributed by atoms with Crippen molar-refractivity contribution in [2.75, 3.05) is 19.5 Å². The first-order chi connectivity index (χ1) is 11.1. The number of hydrogen-bond acceptors (Lipinski definition) is 4. The number of aromatic nitrogens is 2. The van der Waals surface area contributed by atoms with Crippen LogP contribution in [0.4, 0.5) is 5.69 Å². The van der Waals surface area contributed by atoms with Gasteiger partial charge >= 0.3 is 0 Å². The molecule has 0 aliphatic carbocycles. The molecule has 0 saturated carbocycles. The Morgan fingerprint density at radius 1 is 1.17 bits per heavy atom. The molecule has 0 spiro atoms. The highest BCUT2D eigenvalue weighted by Gasteiger charge is 2.15. The molecule has 0 aliphatic rings. The lowest BCUT2D eigenvalue weighted by molar-refractivity contribution is 0.102. The molecule has 0 fully saturated rings. The van der Waals surface area contributed by atoms with Crippen LogP contribution in [0.5, 0.6) is 11.5 Å². The van der Waals surface area contributed by atoms with E-state index in [0.717, 1.165) is 11.3 Å². The molecule has 0 atom stereocenters. The number of carbonyl (C=O) groups excluding carboxylic acids is 1. The van der Waals surface area contributed by atoms with Crippen LogP contribution in [0.3, 0.4) is 0 Å². The SMILES string of the molecule is COc1ccc(NC(=O)c2cccc3[nH]c(C)nc23)c(OC)c1. The van der Waals surface area contributed by atoms with Crippen molar-refractivity contribution >= 4 is 22.6 Å². The fraction of sp³-hybridized carbons (Fsp3) is 0.176. The summed E-state index contributed by atoms with van der Waals surface area (Å²) >= 11 is 0. The Bertz CT molecular complexity index is 871. The number of H-pyrrole nitrogens is 1. The van der Waals surface area contributed by atoms with Gasteiger partial charge in [-0.25, -0.2) is 4.98 Å². The summed E-state index contributed by atoms with van der Waals surface area (Å²) in [5.74, 6) is 1.71. The summed E-state index contributed by atoms with van der Waals surface area (Å²) in [6, 6.07) is 10.7. The zero-order valence-electron chi connectivity index (χ0n) is 13.1. The van der Waals surface area contributed by atoms with Gasteiger partial charge in [0.05, 0.1) is 31.0 Å². The highest BCUT2D eigenvalue weighted by molar-refractivity contribution is 6.12. The number of nitrogens with zero attached hydrogens (tertiary/aromatic N) is 1. The van der Waals surface area contributed by atoms with Crippen molar-refractivity contribution in [1.29, 1.82) is 0 Å².